The Hall–Kier alpha value is -2.73. The number of nitrogens with one attached hydrogen (secondary N) is 2. The Balaban J connectivity index is 1.48. The van der Waals surface area contributed by atoms with Gasteiger partial charge in [-0.25, -0.2) is 18.6 Å². The highest BCUT2D eigenvalue weighted by Gasteiger charge is 2.36. The number of fused-ring (bicyclic) bond motifs is 1. The Morgan fingerprint density at radius 2 is 2.00 bits per heavy atom. The maximum Gasteiger partial charge on any atom is 0.319 e. The first-order valence-electron chi connectivity index (χ1n) is 12.4. The van der Waals surface area contributed by atoms with Crippen LogP contribution in [0.2, 0.25) is 30.7 Å². The molecule has 1 atom stereocenters. The molecule has 2 aromatic heterocycles. The molecule has 3 heterocycles. The van der Waals surface area contributed by atoms with Crippen LogP contribution in [0.1, 0.15) is 20.3 Å². The summed E-state index contributed by atoms with van der Waals surface area (Å²) in [4.78, 5) is 16.7. The van der Waals surface area contributed by atoms with Crippen molar-refractivity contribution in [2.75, 3.05) is 18.5 Å². The summed E-state index contributed by atoms with van der Waals surface area (Å²) in [5.74, 6) is -2.45. The molecule has 3 aromatic rings. The molecule has 8 nitrogen and oxygen atoms in total. The SMILES string of the molecule is CC1(C)OCCC1NC(=O)Nc1cc(F)c(Oc2ccnc3c2c(Cl)cn3COCC[Si](C)(C)C)c(F)c1. The number of amides is 2. The van der Waals surface area contributed by atoms with E-state index < -0.39 is 37.1 Å². The van der Waals surface area contributed by atoms with E-state index in [9.17, 15) is 13.6 Å². The molecule has 12 heteroatoms. The summed E-state index contributed by atoms with van der Waals surface area (Å²) < 4.78 is 48.7. The van der Waals surface area contributed by atoms with Gasteiger partial charge in [-0.05, 0) is 32.4 Å². The maximum atomic E-state index is 15.0. The van der Waals surface area contributed by atoms with E-state index in [-0.39, 0.29) is 24.2 Å². The van der Waals surface area contributed by atoms with Crippen molar-refractivity contribution in [2.45, 2.75) is 64.3 Å². The van der Waals surface area contributed by atoms with Gasteiger partial charge in [0, 0.05) is 51.5 Å². The van der Waals surface area contributed by atoms with Crippen LogP contribution >= 0.6 is 11.6 Å². The number of nitrogens with zero attached hydrogens (tertiary/aromatic N) is 2. The van der Waals surface area contributed by atoms with Gasteiger partial charge >= 0.3 is 6.03 Å². The monoisotopic (exact) mass is 566 g/mol. The predicted octanol–water partition coefficient (Wildman–Crippen LogP) is 6.76. The lowest BCUT2D eigenvalue weighted by molar-refractivity contribution is 0.0238. The Kier molecular flexibility index (Phi) is 8.31. The first kappa shape index (κ1) is 28.3. The molecule has 1 aliphatic rings. The zero-order chi connectivity index (χ0) is 27.7. The summed E-state index contributed by atoms with van der Waals surface area (Å²) in [5, 5.41) is 5.97. The normalized spacial score (nSPS) is 17.1. The number of urea groups is 1. The number of halogens is 3. The lowest BCUT2D eigenvalue weighted by Gasteiger charge is -2.26. The molecular formula is C26H33ClF2N4O4Si. The van der Waals surface area contributed by atoms with Gasteiger partial charge in [-0.2, -0.15) is 0 Å². The molecule has 0 bridgehead atoms. The Bertz CT molecular complexity index is 1310. The quantitative estimate of drug-likeness (QED) is 0.221. The molecule has 0 saturated carbocycles. The van der Waals surface area contributed by atoms with Crippen LogP contribution in [0.5, 0.6) is 11.5 Å². The smallest absolute Gasteiger partial charge is 0.319 e. The summed E-state index contributed by atoms with van der Waals surface area (Å²) in [7, 11) is -1.23. The minimum Gasteiger partial charge on any atom is -0.450 e. The first-order valence-corrected chi connectivity index (χ1v) is 16.5. The molecule has 1 aromatic carbocycles. The number of benzene rings is 1. The van der Waals surface area contributed by atoms with Gasteiger partial charge in [0.05, 0.1) is 22.1 Å². The van der Waals surface area contributed by atoms with Gasteiger partial charge in [-0.3, -0.25) is 0 Å². The van der Waals surface area contributed by atoms with Crippen LogP contribution in [0, 0.1) is 11.6 Å². The van der Waals surface area contributed by atoms with Crippen molar-refractivity contribution in [3.63, 3.8) is 0 Å². The highest BCUT2D eigenvalue weighted by Crippen LogP contribution is 2.37. The average molecular weight is 567 g/mol. The number of anilines is 1. The van der Waals surface area contributed by atoms with E-state index in [2.05, 4.69) is 35.3 Å². The summed E-state index contributed by atoms with van der Waals surface area (Å²) >= 11 is 6.45. The van der Waals surface area contributed by atoms with Gasteiger partial charge in [0.2, 0.25) is 0 Å². The molecule has 0 radical (unpaired) electrons. The third-order valence-electron chi connectivity index (χ3n) is 6.39. The molecule has 1 fully saturated rings. The van der Waals surface area contributed by atoms with E-state index in [0.717, 1.165) is 18.2 Å². The second kappa shape index (κ2) is 11.2. The van der Waals surface area contributed by atoms with Gasteiger partial charge in [-0.15, -0.1) is 0 Å². The number of carbonyl (C=O) groups is 1. The predicted molar refractivity (Wildman–Crippen MR) is 146 cm³/mol. The van der Waals surface area contributed by atoms with E-state index in [1.807, 2.05) is 13.8 Å². The molecule has 2 amide bonds. The topological polar surface area (TPSA) is 86.6 Å². The molecule has 1 unspecified atom stereocenters. The molecular weight excluding hydrogens is 534 g/mol. The second-order valence-electron chi connectivity index (χ2n) is 11.1. The minimum absolute atomic E-state index is 0.0545. The molecule has 4 rings (SSSR count). The Labute approximate surface area is 226 Å². The van der Waals surface area contributed by atoms with Crippen LogP contribution in [-0.4, -0.2) is 48.5 Å². The zero-order valence-electron chi connectivity index (χ0n) is 22.2. The van der Waals surface area contributed by atoms with Gasteiger partial charge in [0.25, 0.3) is 0 Å². The fourth-order valence-electron chi connectivity index (χ4n) is 4.16. The number of carbonyl (C=O) groups excluding carboxylic acids is 1. The maximum absolute atomic E-state index is 15.0. The van der Waals surface area contributed by atoms with Crippen molar-refractivity contribution in [1.82, 2.24) is 14.9 Å². The van der Waals surface area contributed by atoms with Crippen LogP contribution in [0.15, 0.2) is 30.6 Å². The van der Waals surface area contributed by atoms with Crippen LogP contribution < -0.4 is 15.4 Å². The second-order valence-corrected chi connectivity index (χ2v) is 17.1. The van der Waals surface area contributed by atoms with Crippen LogP contribution in [0.3, 0.4) is 0 Å². The molecule has 2 N–H and O–H groups in total. The number of pyridine rings is 1. The third kappa shape index (κ3) is 6.63. The van der Waals surface area contributed by atoms with Crippen LogP contribution in [0.4, 0.5) is 19.3 Å². The fourth-order valence-corrected chi connectivity index (χ4v) is 5.21. The van der Waals surface area contributed by atoms with Crippen molar-refractivity contribution in [3.8, 4) is 11.5 Å². The van der Waals surface area contributed by atoms with Crippen molar-refractivity contribution < 1.29 is 27.8 Å². The highest BCUT2D eigenvalue weighted by molar-refractivity contribution is 6.76. The third-order valence-corrected chi connectivity index (χ3v) is 8.38. The van der Waals surface area contributed by atoms with Crippen molar-refractivity contribution in [3.05, 3.63) is 47.2 Å². The van der Waals surface area contributed by atoms with Crippen molar-refractivity contribution in [2.24, 2.45) is 0 Å². The Morgan fingerprint density at radius 3 is 2.63 bits per heavy atom. The standard InChI is InChI=1S/C26H33ClF2N4O4Si/c1-26(2)21(7-9-36-26)32-25(34)31-16-12-18(28)23(19(29)13-16)37-20-6-8-30-24-22(20)17(27)14-33(24)15-35-10-11-38(3,4)5/h6,8,12-14,21H,7,9-11,15H2,1-5H3,(H2,31,32,34). The molecule has 206 valence electrons. The highest BCUT2D eigenvalue weighted by atomic mass is 35.5. The number of hydrogen-bond acceptors (Lipinski definition) is 5. The number of ether oxygens (including phenoxy) is 3. The van der Waals surface area contributed by atoms with E-state index >= 15 is 0 Å². The lowest BCUT2D eigenvalue weighted by Crippen LogP contribution is -2.47. The number of rotatable bonds is 9. The summed E-state index contributed by atoms with van der Waals surface area (Å²) in [5.41, 5.74) is -0.113. The number of hydrogen-bond donors (Lipinski definition) is 2. The number of aromatic nitrogens is 2. The van der Waals surface area contributed by atoms with Gasteiger partial charge in [0.1, 0.15) is 18.1 Å². The fraction of sp³-hybridized carbons (Fsp3) is 0.462. The summed E-state index contributed by atoms with van der Waals surface area (Å²) in [6.45, 7) is 11.9. The average Bonchev–Trinajstić information content (AvgIpc) is 3.31. The molecule has 1 aliphatic heterocycles. The largest absolute Gasteiger partial charge is 0.450 e. The lowest BCUT2D eigenvalue weighted by atomic mass is 9.99. The summed E-state index contributed by atoms with van der Waals surface area (Å²) in [6.07, 6.45) is 3.76. The molecule has 1 saturated heterocycles. The molecule has 0 aliphatic carbocycles. The van der Waals surface area contributed by atoms with E-state index in [0.29, 0.717) is 35.7 Å². The van der Waals surface area contributed by atoms with Crippen molar-refractivity contribution in [1.29, 1.82) is 0 Å². The first-order chi connectivity index (χ1) is 17.8. The van der Waals surface area contributed by atoms with Crippen molar-refractivity contribution >= 4 is 42.4 Å². The van der Waals surface area contributed by atoms with Gasteiger partial charge in [0.15, 0.2) is 17.4 Å². The summed E-state index contributed by atoms with van der Waals surface area (Å²) in [6, 6.07) is 3.67. The van der Waals surface area contributed by atoms with E-state index in [4.69, 9.17) is 25.8 Å². The molecule has 0 spiro atoms. The van der Waals surface area contributed by atoms with Crippen LogP contribution in [-0.2, 0) is 16.2 Å². The van der Waals surface area contributed by atoms with E-state index in [1.165, 1.54) is 12.3 Å². The zero-order valence-corrected chi connectivity index (χ0v) is 23.9. The minimum atomic E-state index is -1.23. The van der Waals surface area contributed by atoms with Gasteiger partial charge < -0.3 is 29.4 Å². The van der Waals surface area contributed by atoms with Crippen LogP contribution in [0.25, 0.3) is 11.0 Å². The Morgan fingerprint density at radius 1 is 1.29 bits per heavy atom. The molecule has 38 heavy (non-hydrogen) atoms. The van der Waals surface area contributed by atoms with Gasteiger partial charge in [-0.1, -0.05) is 31.2 Å². The van der Waals surface area contributed by atoms with E-state index in [1.54, 1.807) is 10.8 Å².